The Morgan fingerprint density at radius 3 is 3.31 bits per heavy atom. The van der Waals surface area contributed by atoms with Gasteiger partial charge in [-0.15, -0.1) is 0 Å². The normalized spacial score (nSPS) is 20.1. The van der Waals surface area contributed by atoms with Gasteiger partial charge in [0.15, 0.2) is 0 Å². The third-order valence-corrected chi connectivity index (χ3v) is 1.84. The van der Waals surface area contributed by atoms with Gasteiger partial charge in [-0.1, -0.05) is 0 Å². The van der Waals surface area contributed by atoms with Crippen molar-refractivity contribution >= 4 is 15.9 Å². The summed E-state index contributed by atoms with van der Waals surface area (Å²) >= 11 is 3.01. The molecule has 0 fully saturated rings. The number of hydrogen-bond acceptors (Lipinski definition) is 2. The van der Waals surface area contributed by atoms with E-state index in [0.29, 0.717) is 0 Å². The van der Waals surface area contributed by atoms with Crippen LogP contribution >= 0.6 is 15.9 Å². The molecule has 0 aliphatic carbocycles. The van der Waals surface area contributed by atoms with Gasteiger partial charge in [-0.05, 0) is 34.9 Å². The fourth-order valence-electron chi connectivity index (χ4n) is 0.779. The molecule has 0 saturated carbocycles. The van der Waals surface area contributed by atoms with Crippen molar-refractivity contribution in [2.75, 3.05) is 0 Å². The van der Waals surface area contributed by atoms with Gasteiger partial charge >= 0.3 is 0 Å². The van der Waals surface area contributed by atoms with E-state index in [0.717, 1.165) is 4.57 Å². The summed E-state index contributed by atoms with van der Waals surface area (Å²) in [5, 5.41) is 0. The van der Waals surface area contributed by atoms with Crippen molar-refractivity contribution in [3.05, 3.63) is 41.0 Å². The van der Waals surface area contributed by atoms with E-state index in [2.05, 4.69) is 25.9 Å². The van der Waals surface area contributed by atoms with E-state index >= 15 is 0 Å². The first kappa shape index (κ1) is 3.20. The molecule has 0 bridgehead atoms. The van der Waals surface area contributed by atoms with E-state index in [1.165, 1.54) is 0 Å². The molecule has 0 saturated heterocycles. The van der Waals surface area contributed by atoms with Crippen molar-refractivity contribution in [3.63, 3.8) is 0 Å². The Bertz CT molecular complexity index is 723. The summed E-state index contributed by atoms with van der Waals surface area (Å²) < 4.78 is 61.0. The highest BCUT2D eigenvalue weighted by Crippen LogP contribution is 2.17. The summed E-state index contributed by atoms with van der Waals surface area (Å²) in [5.41, 5.74) is -0.728. The summed E-state index contributed by atoms with van der Waals surface area (Å²) in [5.74, 6) is 0. The van der Waals surface area contributed by atoms with Crippen molar-refractivity contribution in [2.24, 2.45) is 0 Å². The molecule has 2 heterocycles. The van der Waals surface area contributed by atoms with Gasteiger partial charge in [0.05, 0.1) is 23.2 Å². The van der Waals surface area contributed by atoms with E-state index in [-0.39, 0.29) is 10.3 Å². The molecule has 66 valence electrons. The van der Waals surface area contributed by atoms with Gasteiger partial charge in [-0.2, -0.15) is 0 Å². The van der Waals surface area contributed by atoms with Crippen molar-refractivity contribution in [1.82, 2.24) is 14.5 Å². The molecule has 13 heavy (non-hydrogen) atoms. The zero-order chi connectivity index (χ0) is 16.1. The Balaban J connectivity index is 2.81. The molecule has 0 unspecified atom stereocenters. The van der Waals surface area contributed by atoms with E-state index in [1.54, 1.807) is 0 Å². The first-order valence-electron chi connectivity index (χ1n) is 7.25. The number of aromatic nitrogens is 3. The number of aryl methyl sites for hydroxylation is 1. The average Bonchev–Trinajstić information content (AvgIpc) is 2.64. The minimum atomic E-state index is -2.67. The summed E-state index contributed by atoms with van der Waals surface area (Å²) in [7, 11) is 0. The van der Waals surface area contributed by atoms with Crippen LogP contribution in [0.25, 0.3) is 5.69 Å². The standard InChI is InChI=1S/C9H8BrN3/c1-7-5-13(6-12-7)8-3-2-4-11-9(8)10/h2-6H,1H3/i1D3,2D,3D,4D,5D,6D. The van der Waals surface area contributed by atoms with Crippen LogP contribution in [0.2, 0.25) is 0 Å². The molecular formula is C9H8BrN3. The molecule has 3 nitrogen and oxygen atoms in total. The maximum Gasteiger partial charge on any atom is 0.130 e. The summed E-state index contributed by atoms with van der Waals surface area (Å²) in [4.78, 5) is 7.22. The van der Waals surface area contributed by atoms with Crippen molar-refractivity contribution in [2.45, 2.75) is 6.85 Å². The van der Waals surface area contributed by atoms with E-state index in [4.69, 9.17) is 11.0 Å². The number of nitrogens with zero attached hydrogens (tertiary/aromatic N) is 3. The molecule has 0 N–H and O–H groups in total. The second-order valence-electron chi connectivity index (χ2n) is 2.12. The molecule has 0 amide bonds. The highest BCUT2D eigenvalue weighted by atomic mass is 79.9. The lowest BCUT2D eigenvalue weighted by Gasteiger charge is -2.02. The molecule has 2 aromatic heterocycles. The van der Waals surface area contributed by atoms with Crippen LogP contribution in [0, 0.1) is 6.85 Å². The number of halogens is 1. The van der Waals surface area contributed by atoms with Crippen molar-refractivity contribution in [3.8, 4) is 5.69 Å². The largest absolute Gasteiger partial charge is 0.303 e. The number of imidazole rings is 1. The zero-order valence-electron chi connectivity index (χ0n) is 14.2. The third kappa shape index (κ3) is 1.62. The van der Waals surface area contributed by atoms with Gasteiger partial charge in [0.2, 0.25) is 0 Å². The first-order chi connectivity index (χ1) is 9.55. The molecule has 2 aromatic rings. The molecule has 2 rings (SSSR count). The van der Waals surface area contributed by atoms with E-state index in [9.17, 15) is 0 Å². The van der Waals surface area contributed by atoms with Crippen LogP contribution in [0.5, 0.6) is 0 Å². The smallest absolute Gasteiger partial charge is 0.130 e. The average molecular weight is 246 g/mol. The lowest BCUT2D eigenvalue weighted by Crippen LogP contribution is -1.92. The van der Waals surface area contributed by atoms with Gasteiger partial charge in [0, 0.05) is 16.5 Å². The Morgan fingerprint density at radius 1 is 1.62 bits per heavy atom. The summed E-state index contributed by atoms with van der Waals surface area (Å²) in [6.45, 7) is -2.67. The fourth-order valence-corrected chi connectivity index (χ4v) is 1.14. The molecule has 0 spiro atoms. The molecular weight excluding hydrogens is 230 g/mol. The minimum absolute atomic E-state index is 0.0370. The highest BCUT2D eigenvalue weighted by Gasteiger charge is 2.01. The second kappa shape index (κ2) is 3.30. The second-order valence-corrected chi connectivity index (χ2v) is 2.87. The van der Waals surface area contributed by atoms with Crippen LogP contribution in [0.4, 0.5) is 0 Å². The van der Waals surface area contributed by atoms with Crippen LogP contribution in [-0.4, -0.2) is 14.5 Å². The summed E-state index contributed by atoms with van der Waals surface area (Å²) in [6.07, 6.45) is -1.57. The SMILES string of the molecule is [2H]c1nc(Br)c(-n2c([2H])nc(C([2H])([2H])[2H])c2[2H])c([2H])c1[2H]. The first-order valence-corrected chi connectivity index (χ1v) is 4.05. The predicted octanol–water partition coefficient (Wildman–Crippen LogP) is 2.34. The monoisotopic (exact) mass is 245 g/mol. The van der Waals surface area contributed by atoms with Gasteiger partial charge in [-0.3, -0.25) is 0 Å². The number of pyridine rings is 1. The molecule has 4 heteroatoms. The minimum Gasteiger partial charge on any atom is -0.303 e. The quantitative estimate of drug-likeness (QED) is 0.723. The Kier molecular flexibility index (Phi) is 0.813. The Morgan fingerprint density at radius 2 is 2.54 bits per heavy atom. The molecule has 0 aliphatic heterocycles. The fraction of sp³-hybridized carbons (Fsp3) is 0.111. The third-order valence-electron chi connectivity index (χ3n) is 1.29. The maximum absolute atomic E-state index is 7.86. The Hall–Kier alpha value is -1.16. The van der Waals surface area contributed by atoms with Gasteiger partial charge in [-0.25, -0.2) is 9.97 Å². The predicted molar refractivity (Wildman–Crippen MR) is 53.8 cm³/mol. The van der Waals surface area contributed by atoms with Crippen molar-refractivity contribution in [1.29, 1.82) is 0 Å². The lowest BCUT2D eigenvalue weighted by atomic mass is 10.4. The van der Waals surface area contributed by atoms with Crippen LogP contribution in [-0.2, 0) is 0 Å². The van der Waals surface area contributed by atoms with E-state index in [1.807, 2.05) is 0 Å². The molecule has 0 atom stereocenters. The van der Waals surface area contributed by atoms with Crippen molar-refractivity contribution < 1.29 is 11.0 Å². The number of rotatable bonds is 1. The highest BCUT2D eigenvalue weighted by molar-refractivity contribution is 9.10. The summed E-state index contributed by atoms with van der Waals surface area (Å²) in [6, 6.07) is -0.936. The van der Waals surface area contributed by atoms with Crippen LogP contribution in [0.15, 0.2) is 35.3 Å². The topological polar surface area (TPSA) is 30.7 Å². The van der Waals surface area contributed by atoms with Gasteiger partial charge in [0.25, 0.3) is 0 Å². The van der Waals surface area contributed by atoms with E-state index < -0.39 is 43.3 Å². The molecule has 0 aromatic carbocycles. The zero-order valence-corrected chi connectivity index (χ0v) is 7.81. The lowest BCUT2D eigenvalue weighted by molar-refractivity contribution is 1.02. The van der Waals surface area contributed by atoms with Gasteiger partial charge in [0.1, 0.15) is 5.97 Å². The maximum atomic E-state index is 7.86. The van der Waals surface area contributed by atoms with Crippen LogP contribution in [0.1, 0.15) is 16.7 Å². The molecule has 0 aliphatic rings. The van der Waals surface area contributed by atoms with Gasteiger partial charge < -0.3 is 4.57 Å². The molecule has 0 radical (unpaired) electrons. The van der Waals surface area contributed by atoms with Crippen LogP contribution in [0.3, 0.4) is 0 Å². The Labute approximate surface area is 95.8 Å². The van der Waals surface area contributed by atoms with Crippen LogP contribution < -0.4 is 0 Å². The number of hydrogen-bond donors (Lipinski definition) is 0.